The van der Waals surface area contributed by atoms with Gasteiger partial charge in [0.05, 0.1) is 6.54 Å². The van der Waals surface area contributed by atoms with Crippen LogP contribution in [0.15, 0.2) is 16.5 Å². The van der Waals surface area contributed by atoms with Crippen LogP contribution in [0.2, 0.25) is 0 Å². The number of aliphatic hydroxyl groups excluding tert-OH is 1. The Hall–Kier alpha value is -2.45. The fourth-order valence-corrected chi connectivity index (χ4v) is 3.18. The highest BCUT2D eigenvalue weighted by Crippen LogP contribution is 2.24. The summed E-state index contributed by atoms with van der Waals surface area (Å²) in [5.74, 6) is 2.26. The lowest BCUT2D eigenvalue weighted by Gasteiger charge is -2.22. The second-order valence-electron chi connectivity index (χ2n) is 7.12. The van der Waals surface area contributed by atoms with Crippen LogP contribution in [0.1, 0.15) is 39.8 Å². The van der Waals surface area contributed by atoms with Gasteiger partial charge in [-0.25, -0.2) is 9.97 Å². The van der Waals surface area contributed by atoms with Gasteiger partial charge in [-0.05, 0) is 32.4 Å². The van der Waals surface area contributed by atoms with Gasteiger partial charge in [-0.3, -0.25) is 4.79 Å². The predicted octanol–water partition coefficient (Wildman–Crippen LogP) is 1.25. The lowest BCUT2D eigenvalue weighted by Crippen LogP contribution is -2.33. The monoisotopic (exact) mass is 373 g/mol. The number of carbonyl (C=O) groups excluding carboxylic acids is 1. The molecule has 0 bridgehead atoms. The summed E-state index contributed by atoms with van der Waals surface area (Å²) >= 11 is 0. The van der Waals surface area contributed by atoms with E-state index in [1.165, 1.54) is 4.90 Å². The summed E-state index contributed by atoms with van der Waals surface area (Å²) in [5, 5.41) is 12.6. The maximum Gasteiger partial charge on any atom is 0.291 e. The number of aliphatic hydroxyl groups is 1. The average molecular weight is 373 g/mol. The molecule has 8 nitrogen and oxygen atoms in total. The molecule has 1 saturated heterocycles. The van der Waals surface area contributed by atoms with E-state index < -0.39 is 0 Å². The molecule has 1 aliphatic heterocycles. The Balaban J connectivity index is 1.68. The maximum absolute atomic E-state index is 12.3. The smallest absolute Gasteiger partial charge is 0.291 e. The van der Waals surface area contributed by atoms with Gasteiger partial charge in [-0.15, -0.1) is 0 Å². The molecule has 1 atom stereocenters. The second-order valence-corrected chi connectivity index (χ2v) is 7.12. The molecular formula is C19H27N5O3. The minimum Gasteiger partial charge on any atom is -0.462 e. The molecule has 1 fully saturated rings. The van der Waals surface area contributed by atoms with Crippen molar-refractivity contribution in [1.29, 1.82) is 0 Å². The zero-order valence-corrected chi connectivity index (χ0v) is 16.3. The number of aromatic nitrogens is 2. The first-order valence-electron chi connectivity index (χ1n) is 9.12. The molecular weight excluding hydrogens is 346 g/mol. The van der Waals surface area contributed by atoms with Crippen molar-refractivity contribution >= 4 is 11.7 Å². The molecule has 1 aliphatic rings. The van der Waals surface area contributed by atoms with E-state index in [9.17, 15) is 4.79 Å². The number of anilines is 1. The van der Waals surface area contributed by atoms with Gasteiger partial charge < -0.3 is 24.6 Å². The highest BCUT2D eigenvalue weighted by atomic mass is 16.4. The Morgan fingerprint density at radius 1 is 1.33 bits per heavy atom. The van der Waals surface area contributed by atoms with Crippen molar-refractivity contribution in [2.24, 2.45) is 0 Å². The molecule has 2 aromatic heterocycles. The molecule has 0 saturated carbocycles. The van der Waals surface area contributed by atoms with E-state index in [0.29, 0.717) is 18.3 Å². The first kappa shape index (κ1) is 19.3. The second kappa shape index (κ2) is 8.06. The SMILES string of the molecule is Cc1nc(C(=O)N(C)C)nc(N2CC[C@@H](NCc3ccc(CO)o3)C2)c1C. The highest BCUT2D eigenvalue weighted by Gasteiger charge is 2.26. The van der Waals surface area contributed by atoms with Crippen molar-refractivity contribution in [2.45, 2.75) is 39.5 Å². The standard InChI is InChI=1S/C19H27N5O3/c1-12-13(2)21-17(19(26)23(3)4)22-18(12)24-8-7-14(10-24)20-9-15-5-6-16(11-25)27-15/h5-6,14,20,25H,7-11H2,1-4H3/t14-/m1/s1. The summed E-state index contributed by atoms with van der Waals surface area (Å²) in [6, 6.07) is 3.96. The van der Waals surface area contributed by atoms with Crippen LogP contribution in [0.4, 0.5) is 5.82 Å². The lowest BCUT2D eigenvalue weighted by atomic mass is 10.2. The summed E-state index contributed by atoms with van der Waals surface area (Å²) < 4.78 is 5.51. The summed E-state index contributed by atoms with van der Waals surface area (Å²) in [4.78, 5) is 24.9. The Morgan fingerprint density at radius 2 is 2.07 bits per heavy atom. The van der Waals surface area contributed by atoms with Crippen LogP contribution in [-0.4, -0.2) is 59.1 Å². The van der Waals surface area contributed by atoms with E-state index in [1.807, 2.05) is 19.9 Å². The Kier molecular flexibility index (Phi) is 5.76. The quantitative estimate of drug-likeness (QED) is 0.787. The van der Waals surface area contributed by atoms with E-state index in [0.717, 1.165) is 42.3 Å². The third-order valence-corrected chi connectivity index (χ3v) is 4.89. The summed E-state index contributed by atoms with van der Waals surface area (Å²) in [6.07, 6.45) is 0.979. The van der Waals surface area contributed by atoms with Crippen LogP contribution in [0.5, 0.6) is 0 Å². The van der Waals surface area contributed by atoms with Crippen molar-refractivity contribution in [1.82, 2.24) is 20.2 Å². The van der Waals surface area contributed by atoms with Crippen LogP contribution in [0.3, 0.4) is 0 Å². The lowest BCUT2D eigenvalue weighted by molar-refractivity contribution is 0.0815. The van der Waals surface area contributed by atoms with Crippen molar-refractivity contribution in [3.63, 3.8) is 0 Å². The number of amides is 1. The average Bonchev–Trinajstić information content (AvgIpc) is 3.30. The molecule has 0 unspecified atom stereocenters. The van der Waals surface area contributed by atoms with Crippen LogP contribution >= 0.6 is 0 Å². The first-order chi connectivity index (χ1) is 12.9. The largest absolute Gasteiger partial charge is 0.462 e. The van der Waals surface area contributed by atoms with Gasteiger partial charge in [0, 0.05) is 44.5 Å². The zero-order chi connectivity index (χ0) is 19.6. The van der Waals surface area contributed by atoms with Gasteiger partial charge in [0.2, 0.25) is 5.82 Å². The van der Waals surface area contributed by atoms with Gasteiger partial charge in [-0.2, -0.15) is 0 Å². The van der Waals surface area contributed by atoms with Crippen LogP contribution in [0, 0.1) is 13.8 Å². The van der Waals surface area contributed by atoms with Crippen molar-refractivity contribution in [3.05, 3.63) is 40.7 Å². The fourth-order valence-electron chi connectivity index (χ4n) is 3.18. The van der Waals surface area contributed by atoms with E-state index in [4.69, 9.17) is 9.52 Å². The number of rotatable bonds is 6. The molecule has 3 heterocycles. The zero-order valence-electron chi connectivity index (χ0n) is 16.3. The fraction of sp³-hybridized carbons (Fsp3) is 0.526. The number of nitrogens with zero attached hydrogens (tertiary/aromatic N) is 4. The van der Waals surface area contributed by atoms with Crippen molar-refractivity contribution in [3.8, 4) is 0 Å². The molecule has 0 spiro atoms. The minimum atomic E-state index is -0.189. The minimum absolute atomic E-state index is 0.0858. The summed E-state index contributed by atoms with van der Waals surface area (Å²) in [6.45, 7) is 6.11. The number of hydrogen-bond donors (Lipinski definition) is 2. The highest BCUT2D eigenvalue weighted by molar-refractivity contribution is 5.90. The van der Waals surface area contributed by atoms with Gasteiger partial charge in [-0.1, -0.05) is 0 Å². The van der Waals surface area contributed by atoms with E-state index in [1.54, 1.807) is 20.2 Å². The molecule has 3 rings (SSSR count). The van der Waals surface area contributed by atoms with Crippen LogP contribution < -0.4 is 10.2 Å². The topological polar surface area (TPSA) is 94.7 Å². The van der Waals surface area contributed by atoms with Gasteiger partial charge in [0.25, 0.3) is 5.91 Å². The number of furan rings is 1. The number of hydrogen-bond acceptors (Lipinski definition) is 7. The Morgan fingerprint density at radius 3 is 2.74 bits per heavy atom. The molecule has 8 heteroatoms. The summed E-state index contributed by atoms with van der Waals surface area (Å²) in [7, 11) is 3.40. The third-order valence-electron chi connectivity index (χ3n) is 4.89. The molecule has 27 heavy (non-hydrogen) atoms. The van der Waals surface area contributed by atoms with Crippen LogP contribution in [0.25, 0.3) is 0 Å². The Labute approximate surface area is 159 Å². The molecule has 0 radical (unpaired) electrons. The van der Waals surface area contributed by atoms with Crippen molar-refractivity contribution in [2.75, 3.05) is 32.1 Å². The normalized spacial score (nSPS) is 16.8. The molecule has 0 aliphatic carbocycles. The first-order valence-corrected chi connectivity index (χ1v) is 9.12. The van der Waals surface area contributed by atoms with Gasteiger partial charge >= 0.3 is 0 Å². The number of carbonyl (C=O) groups is 1. The van der Waals surface area contributed by atoms with E-state index >= 15 is 0 Å². The molecule has 2 aromatic rings. The number of aryl methyl sites for hydroxylation is 1. The van der Waals surface area contributed by atoms with E-state index in [-0.39, 0.29) is 18.3 Å². The molecule has 0 aromatic carbocycles. The maximum atomic E-state index is 12.3. The van der Waals surface area contributed by atoms with Crippen molar-refractivity contribution < 1.29 is 14.3 Å². The van der Waals surface area contributed by atoms with Crippen LogP contribution in [-0.2, 0) is 13.2 Å². The van der Waals surface area contributed by atoms with Gasteiger partial charge in [0.15, 0.2) is 0 Å². The molecule has 146 valence electrons. The molecule has 1 amide bonds. The number of nitrogens with one attached hydrogen (secondary N) is 1. The predicted molar refractivity (Wildman–Crippen MR) is 102 cm³/mol. The molecule has 2 N–H and O–H groups in total. The van der Waals surface area contributed by atoms with E-state index in [2.05, 4.69) is 20.2 Å². The summed E-state index contributed by atoms with van der Waals surface area (Å²) in [5.41, 5.74) is 1.83. The van der Waals surface area contributed by atoms with Gasteiger partial charge in [0.1, 0.15) is 23.9 Å². The Bertz CT molecular complexity index is 818. The third kappa shape index (κ3) is 4.28.